The summed E-state index contributed by atoms with van der Waals surface area (Å²) in [6.45, 7) is 6.65. The van der Waals surface area contributed by atoms with Gasteiger partial charge in [-0.1, -0.05) is 36.2 Å². The lowest BCUT2D eigenvalue weighted by Crippen LogP contribution is -2.34. The summed E-state index contributed by atoms with van der Waals surface area (Å²) in [6.07, 6.45) is 0. The van der Waals surface area contributed by atoms with Crippen molar-refractivity contribution in [3.8, 4) is 0 Å². The number of halogens is 2. The number of nitrogens with one attached hydrogen (secondary N) is 1. The van der Waals surface area contributed by atoms with Crippen molar-refractivity contribution >= 4 is 40.5 Å². The van der Waals surface area contributed by atoms with Crippen LogP contribution in [0.4, 0.5) is 0 Å². The van der Waals surface area contributed by atoms with E-state index in [1.807, 2.05) is 25.3 Å². The topological polar surface area (TPSA) is 63.3 Å². The van der Waals surface area contributed by atoms with Crippen molar-refractivity contribution in [2.24, 2.45) is 10.7 Å². The molecule has 2 rings (SSSR count). The summed E-state index contributed by atoms with van der Waals surface area (Å²) in [5.41, 5.74) is 7.94. The zero-order valence-electron chi connectivity index (χ0n) is 13.3. The molecule has 0 spiro atoms. The number of hydrogen-bond donors (Lipinski definition) is 2. The Kier molecular flexibility index (Phi) is 6.27. The first-order valence-corrected chi connectivity index (χ1v) is 8.93. The standard InChI is InChI=1S/C16H20Cl2N4S/c1-9(15-21-10(2)8-23-15)7-20-16(19)22-11(3)13-5-4-12(17)6-14(13)18/h4-6,8-9,11H,7H2,1-3H3,(H3,19,20,22). The molecule has 0 saturated heterocycles. The number of aliphatic imine (C=N–C) groups is 1. The first-order chi connectivity index (χ1) is 10.9. The molecular weight excluding hydrogens is 351 g/mol. The van der Waals surface area contributed by atoms with Gasteiger partial charge in [-0.25, -0.2) is 4.98 Å². The number of aromatic nitrogens is 1. The molecule has 0 radical (unpaired) electrons. The van der Waals surface area contributed by atoms with Crippen LogP contribution in [0.5, 0.6) is 0 Å². The monoisotopic (exact) mass is 370 g/mol. The fraction of sp³-hybridized carbons (Fsp3) is 0.375. The second-order valence-corrected chi connectivity index (χ2v) is 7.22. The predicted molar refractivity (Wildman–Crippen MR) is 99.8 cm³/mol. The van der Waals surface area contributed by atoms with Gasteiger partial charge in [-0.05, 0) is 31.5 Å². The Bertz CT molecular complexity index is 699. The summed E-state index contributed by atoms with van der Waals surface area (Å²) in [5, 5.41) is 7.49. The number of guanidine groups is 1. The summed E-state index contributed by atoms with van der Waals surface area (Å²) < 4.78 is 0. The van der Waals surface area contributed by atoms with Crippen molar-refractivity contribution in [3.05, 3.63) is 49.9 Å². The van der Waals surface area contributed by atoms with E-state index in [2.05, 4.69) is 22.2 Å². The van der Waals surface area contributed by atoms with Crippen molar-refractivity contribution in [2.75, 3.05) is 6.54 Å². The van der Waals surface area contributed by atoms with Gasteiger partial charge in [-0.2, -0.15) is 0 Å². The normalized spacial score (nSPS) is 14.6. The Balaban J connectivity index is 1.96. The van der Waals surface area contributed by atoms with Crippen LogP contribution < -0.4 is 11.1 Å². The van der Waals surface area contributed by atoms with Crippen LogP contribution in [-0.4, -0.2) is 17.5 Å². The predicted octanol–water partition coefficient (Wildman–Crippen LogP) is 4.53. The molecule has 23 heavy (non-hydrogen) atoms. The smallest absolute Gasteiger partial charge is 0.189 e. The Labute approximate surface area is 150 Å². The fourth-order valence-electron chi connectivity index (χ4n) is 2.11. The molecule has 1 heterocycles. The lowest BCUT2D eigenvalue weighted by atomic mass is 10.1. The highest BCUT2D eigenvalue weighted by molar-refractivity contribution is 7.09. The number of thiazole rings is 1. The van der Waals surface area contributed by atoms with E-state index in [4.69, 9.17) is 28.9 Å². The van der Waals surface area contributed by atoms with E-state index in [9.17, 15) is 0 Å². The van der Waals surface area contributed by atoms with E-state index >= 15 is 0 Å². The third-order valence-corrected chi connectivity index (χ3v) is 5.14. The van der Waals surface area contributed by atoms with Crippen LogP contribution in [0.15, 0.2) is 28.6 Å². The second kappa shape index (κ2) is 7.99. The van der Waals surface area contributed by atoms with Crippen molar-refractivity contribution in [1.82, 2.24) is 10.3 Å². The molecule has 1 aromatic heterocycles. The van der Waals surface area contributed by atoms with Gasteiger partial charge >= 0.3 is 0 Å². The van der Waals surface area contributed by atoms with E-state index in [0.29, 0.717) is 22.5 Å². The molecule has 0 aliphatic rings. The van der Waals surface area contributed by atoms with Crippen molar-refractivity contribution < 1.29 is 0 Å². The van der Waals surface area contributed by atoms with Gasteiger partial charge in [-0.15, -0.1) is 11.3 Å². The lowest BCUT2D eigenvalue weighted by Gasteiger charge is -2.17. The Morgan fingerprint density at radius 3 is 2.74 bits per heavy atom. The number of nitrogens with two attached hydrogens (primary N) is 1. The van der Waals surface area contributed by atoms with Crippen LogP contribution in [-0.2, 0) is 0 Å². The van der Waals surface area contributed by atoms with Crippen LogP contribution in [0.25, 0.3) is 0 Å². The molecule has 2 atom stereocenters. The Morgan fingerprint density at radius 1 is 1.39 bits per heavy atom. The minimum atomic E-state index is -0.0547. The molecule has 124 valence electrons. The third-order valence-electron chi connectivity index (χ3n) is 3.39. The van der Waals surface area contributed by atoms with E-state index in [1.165, 1.54) is 0 Å². The number of rotatable bonds is 5. The molecule has 0 amide bonds. The summed E-state index contributed by atoms with van der Waals surface area (Å²) >= 11 is 13.8. The van der Waals surface area contributed by atoms with Gasteiger partial charge in [0.15, 0.2) is 5.96 Å². The lowest BCUT2D eigenvalue weighted by molar-refractivity contribution is 0.698. The van der Waals surface area contributed by atoms with Gasteiger partial charge in [-0.3, -0.25) is 4.99 Å². The first-order valence-electron chi connectivity index (χ1n) is 7.30. The summed E-state index contributed by atoms with van der Waals surface area (Å²) in [6, 6.07) is 5.36. The van der Waals surface area contributed by atoms with Crippen LogP contribution in [0, 0.1) is 6.92 Å². The van der Waals surface area contributed by atoms with Gasteiger partial charge in [0.05, 0.1) is 17.6 Å². The molecule has 0 aliphatic carbocycles. The highest BCUT2D eigenvalue weighted by Gasteiger charge is 2.12. The average molecular weight is 371 g/mol. The molecule has 2 aromatic rings. The fourth-order valence-corrected chi connectivity index (χ4v) is 3.53. The number of hydrogen-bond acceptors (Lipinski definition) is 3. The molecule has 0 aliphatic heterocycles. The molecule has 3 N–H and O–H groups in total. The maximum Gasteiger partial charge on any atom is 0.189 e. The van der Waals surface area contributed by atoms with Crippen LogP contribution >= 0.6 is 34.5 Å². The largest absolute Gasteiger partial charge is 0.370 e. The SMILES string of the molecule is Cc1csc(C(C)CN=C(N)NC(C)c2ccc(Cl)cc2Cl)n1. The molecule has 0 saturated carbocycles. The number of benzene rings is 1. The third kappa shape index (κ3) is 5.09. The van der Waals surface area contributed by atoms with Gasteiger partial charge in [0, 0.05) is 27.0 Å². The maximum absolute atomic E-state index is 6.21. The molecule has 0 bridgehead atoms. The Morgan fingerprint density at radius 2 is 2.13 bits per heavy atom. The van der Waals surface area contributed by atoms with Gasteiger partial charge in [0.25, 0.3) is 0 Å². The van der Waals surface area contributed by atoms with Gasteiger partial charge in [0.2, 0.25) is 0 Å². The molecule has 4 nitrogen and oxygen atoms in total. The molecular formula is C16H20Cl2N4S. The zero-order valence-corrected chi connectivity index (χ0v) is 15.6. The minimum absolute atomic E-state index is 0.0547. The highest BCUT2D eigenvalue weighted by Crippen LogP contribution is 2.26. The van der Waals surface area contributed by atoms with Crippen LogP contribution in [0.1, 0.15) is 42.1 Å². The number of nitrogens with zero attached hydrogens (tertiary/aromatic N) is 2. The summed E-state index contributed by atoms with van der Waals surface area (Å²) in [5.74, 6) is 0.632. The quantitative estimate of drug-likeness (QED) is 0.600. The second-order valence-electron chi connectivity index (χ2n) is 5.49. The summed E-state index contributed by atoms with van der Waals surface area (Å²) in [4.78, 5) is 8.88. The van der Waals surface area contributed by atoms with Crippen molar-refractivity contribution in [3.63, 3.8) is 0 Å². The Hall–Kier alpha value is -1.30. The zero-order chi connectivity index (χ0) is 17.0. The molecule has 2 unspecified atom stereocenters. The van der Waals surface area contributed by atoms with Crippen LogP contribution in [0.2, 0.25) is 10.0 Å². The van der Waals surface area contributed by atoms with Crippen LogP contribution in [0.3, 0.4) is 0 Å². The maximum atomic E-state index is 6.21. The van der Waals surface area contributed by atoms with Crippen molar-refractivity contribution in [2.45, 2.75) is 32.7 Å². The summed E-state index contributed by atoms with van der Waals surface area (Å²) in [7, 11) is 0. The van der Waals surface area contributed by atoms with E-state index < -0.39 is 0 Å². The average Bonchev–Trinajstić information content (AvgIpc) is 2.91. The van der Waals surface area contributed by atoms with E-state index in [-0.39, 0.29) is 12.0 Å². The minimum Gasteiger partial charge on any atom is -0.370 e. The van der Waals surface area contributed by atoms with Gasteiger partial charge in [0.1, 0.15) is 0 Å². The highest BCUT2D eigenvalue weighted by atomic mass is 35.5. The van der Waals surface area contributed by atoms with Gasteiger partial charge < -0.3 is 11.1 Å². The molecule has 1 aromatic carbocycles. The van der Waals surface area contributed by atoms with E-state index in [1.54, 1.807) is 23.5 Å². The first kappa shape index (κ1) is 18.0. The van der Waals surface area contributed by atoms with Crippen molar-refractivity contribution in [1.29, 1.82) is 0 Å². The van der Waals surface area contributed by atoms with E-state index in [0.717, 1.165) is 16.3 Å². The molecule has 7 heteroatoms. The molecule has 0 fully saturated rings. The number of aryl methyl sites for hydroxylation is 1.